The Bertz CT molecular complexity index is 559. The Kier molecular flexibility index (Phi) is 6.82. The summed E-state index contributed by atoms with van der Waals surface area (Å²) in [4.78, 5) is 11.9. The molecule has 0 fully saturated rings. The Morgan fingerprint density at radius 3 is 2.71 bits per heavy atom. The minimum atomic E-state index is -0.371. The molecule has 0 aliphatic heterocycles. The maximum atomic E-state index is 11.9. The van der Waals surface area contributed by atoms with E-state index in [1.165, 1.54) is 13.2 Å². The second-order valence-electron chi connectivity index (χ2n) is 4.39. The molecule has 0 saturated heterocycles. The molecule has 1 aromatic carbocycles. The van der Waals surface area contributed by atoms with E-state index in [0.717, 1.165) is 12.8 Å². The van der Waals surface area contributed by atoms with Gasteiger partial charge in [0.05, 0.1) is 14.2 Å². The Morgan fingerprint density at radius 1 is 1.38 bits per heavy atom. The molecule has 1 amide bonds. The van der Waals surface area contributed by atoms with E-state index in [2.05, 4.69) is 5.32 Å². The normalized spacial score (nSPS) is 10.7. The molecule has 112 valence electrons. The topological polar surface area (TPSA) is 71.4 Å². The van der Waals surface area contributed by atoms with E-state index < -0.39 is 0 Å². The Morgan fingerprint density at radius 2 is 2.14 bits per heavy atom. The molecule has 0 aromatic heterocycles. The van der Waals surface area contributed by atoms with Crippen LogP contribution >= 0.6 is 0 Å². The highest BCUT2D eigenvalue weighted by molar-refractivity contribution is 6.01. The monoisotopic (exact) mass is 288 g/mol. The largest absolute Gasteiger partial charge is 0.497 e. The van der Waals surface area contributed by atoms with E-state index in [4.69, 9.17) is 14.7 Å². The average molecular weight is 288 g/mol. The van der Waals surface area contributed by atoms with E-state index in [0.29, 0.717) is 23.6 Å². The number of carbonyl (C=O) groups excluding carboxylic acids is 1. The molecule has 0 radical (unpaired) electrons. The van der Waals surface area contributed by atoms with Crippen LogP contribution in [-0.2, 0) is 4.79 Å². The van der Waals surface area contributed by atoms with Crippen molar-refractivity contribution in [3.05, 3.63) is 29.3 Å². The summed E-state index contributed by atoms with van der Waals surface area (Å²) in [6.07, 6.45) is 3.38. The molecule has 1 aromatic rings. The lowest BCUT2D eigenvalue weighted by Crippen LogP contribution is -2.25. The summed E-state index contributed by atoms with van der Waals surface area (Å²) in [7, 11) is 3.09. The van der Waals surface area contributed by atoms with E-state index in [1.54, 1.807) is 25.3 Å². The number of benzene rings is 1. The molecule has 0 aliphatic rings. The lowest BCUT2D eigenvalue weighted by atomic mass is 10.1. The van der Waals surface area contributed by atoms with Crippen LogP contribution in [0.1, 0.15) is 25.3 Å². The number of methoxy groups -OCH3 is 2. The van der Waals surface area contributed by atoms with Crippen LogP contribution < -0.4 is 14.8 Å². The van der Waals surface area contributed by atoms with Crippen molar-refractivity contribution in [1.29, 1.82) is 5.26 Å². The zero-order valence-corrected chi connectivity index (χ0v) is 12.6. The summed E-state index contributed by atoms with van der Waals surface area (Å²) in [5, 5.41) is 11.9. The van der Waals surface area contributed by atoms with Crippen LogP contribution in [0.3, 0.4) is 0 Å². The molecular weight excluding hydrogens is 268 g/mol. The van der Waals surface area contributed by atoms with Crippen molar-refractivity contribution in [2.45, 2.75) is 19.8 Å². The van der Waals surface area contributed by atoms with Gasteiger partial charge in [-0.3, -0.25) is 4.79 Å². The summed E-state index contributed by atoms with van der Waals surface area (Å²) in [6, 6.07) is 7.12. The summed E-state index contributed by atoms with van der Waals surface area (Å²) in [5.74, 6) is 0.821. The standard InChI is InChI=1S/C16H20N2O3/c1-4-5-8-18-16(19)13(11-17)9-12-6-7-14(20-2)10-15(12)21-3/h6-7,9-10H,4-5,8H2,1-3H3,(H,18,19)/b13-9+. The maximum absolute atomic E-state index is 11.9. The highest BCUT2D eigenvalue weighted by Crippen LogP contribution is 2.26. The highest BCUT2D eigenvalue weighted by atomic mass is 16.5. The van der Waals surface area contributed by atoms with Crippen LogP contribution in [0.5, 0.6) is 11.5 Å². The number of unbranched alkanes of at least 4 members (excludes halogenated alkanes) is 1. The van der Waals surface area contributed by atoms with Crippen molar-refractivity contribution in [3.63, 3.8) is 0 Å². The third kappa shape index (κ3) is 4.84. The Hall–Kier alpha value is -2.48. The molecule has 0 atom stereocenters. The quantitative estimate of drug-likeness (QED) is 0.475. The summed E-state index contributed by atoms with van der Waals surface area (Å²) in [5.41, 5.74) is 0.704. The van der Waals surface area contributed by atoms with Gasteiger partial charge in [0.15, 0.2) is 0 Å². The van der Waals surface area contributed by atoms with E-state index in [1.807, 2.05) is 13.0 Å². The first-order valence-corrected chi connectivity index (χ1v) is 6.78. The molecule has 5 nitrogen and oxygen atoms in total. The third-order valence-electron chi connectivity index (χ3n) is 2.92. The van der Waals surface area contributed by atoms with E-state index in [-0.39, 0.29) is 11.5 Å². The molecule has 21 heavy (non-hydrogen) atoms. The fourth-order valence-corrected chi connectivity index (χ4v) is 1.72. The molecule has 0 unspecified atom stereocenters. The SMILES string of the molecule is CCCCNC(=O)/C(C#N)=C/c1ccc(OC)cc1OC. The lowest BCUT2D eigenvalue weighted by molar-refractivity contribution is -0.117. The predicted octanol–water partition coefficient (Wildman–Crippen LogP) is 2.53. The van der Waals surface area contributed by atoms with Gasteiger partial charge in [0.1, 0.15) is 23.1 Å². The minimum absolute atomic E-state index is 0.0505. The van der Waals surface area contributed by atoms with Gasteiger partial charge in [0.25, 0.3) is 5.91 Å². The van der Waals surface area contributed by atoms with Crippen molar-refractivity contribution in [3.8, 4) is 17.6 Å². The van der Waals surface area contributed by atoms with Gasteiger partial charge in [0.2, 0.25) is 0 Å². The number of ether oxygens (including phenoxy) is 2. The molecule has 1 N–H and O–H groups in total. The minimum Gasteiger partial charge on any atom is -0.497 e. The van der Waals surface area contributed by atoms with Gasteiger partial charge < -0.3 is 14.8 Å². The summed E-state index contributed by atoms with van der Waals surface area (Å²) in [6.45, 7) is 2.60. The van der Waals surface area contributed by atoms with Crippen LogP contribution in [0, 0.1) is 11.3 Å². The molecule has 0 bridgehead atoms. The maximum Gasteiger partial charge on any atom is 0.261 e. The Labute approximate surface area is 125 Å². The lowest BCUT2D eigenvalue weighted by Gasteiger charge is -2.08. The second kappa shape index (κ2) is 8.64. The number of nitriles is 1. The van der Waals surface area contributed by atoms with E-state index in [9.17, 15) is 4.79 Å². The van der Waals surface area contributed by atoms with Gasteiger partial charge in [-0.1, -0.05) is 13.3 Å². The molecule has 0 aliphatic carbocycles. The van der Waals surface area contributed by atoms with E-state index >= 15 is 0 Å². The van der Waals surface area contributed by atoms with Gasteiger partial charge in [-0.15, -0.1) is 0 Å². The number of hydrogen-bond donors (Lipinski definition) is 1. The van der Waals surface area contributed by atoms with Crippen molar-refractivity contribution >= 4 is 12.0 Å². The number of amides is 1. The average Bonchev–Trinajstić information content (AvgIpc) is 2.52. The molecule has 0 heterocycles. The first kappa shape index (κ1) is 16.6. The number of hydrogen-bond acceptors (Lipinski definition) is 4. The van der Waals surface area contributed by atoms with Gasteiger partial charge in [-0.2, -0.15) is 5.26 Å². The fourth-order valence-electron chi connectivity index (χ4n) is 1.72. The number of rotatable bonds is 7. The Balaban J connectivity index is 2.97. The summed E-state index contributed by atoms with van der Waals surface area (Å²) >= 11 is 0. The second-order valence-corrected chi connectivity index (χ2v) is 4.39. The van der Waals surface area contributed by atoms with Crippen LogP contribution in [0.2, 0.25) is 0 Å². The van der Waals surface area contributed by atoms with Crippen LogP contribution in [0.15, 0.2) is 23.8 Å². The summed E-state index contributed by atoms with van der Waals surface area (Å²) < 4.78 is 10.4. The number of nitrogens with zero attached hydrogens (tertiary/aromatic N) is 1. The first-order chi connectivity index (χ1) is 10.2. The number of nitrogens with one attached hydrogen (secondary N) is 1. The van der Waals surface area contributed by atoms with Gasteiger partial charge in [-0.25, -0.2) is 0 Å². The molecule has 5 heteroatoms. The molecule has 0 saturated carbocycles. The van der Waals surface area contributed by atoms with Crippen LogP contribution in [-0.4, -0.2) is 26.7 Å². The molecule has 0 spiro atoms. The predicted molar refractivity (Wildman–Crippen MR) is 81.1 cm³/mol. The number of carbonyl (C=O) groups is 1. The van der Waals surface area contributed by atoms with Crippen LogP contribution in [0.4, 0.5) is 0 Å². The zero-order valence-electron chi connectivity index (χ0n) is 12.6. The highest BCUT2D eigenvalue weighted by Gasteiger charge is 2.10. The van der Waals surface area contributed by atoms with Crippen molar-refractivity contribution in [2.75, 3.05) is 20.8 Å². The van der Waals surface area contributed by atoms with Crippen molar-refractivity contribution in [2.24, 2.45) is 0 Å². The van der Waals surface area contributed by atoms with Crippen molar-refractivity contribution < 1.29 is 14.3 Å². The zero-order chi connectivity index (χ0) is 15.7. The smallest absolute Gasteiger partial charge is 0.261 e. The van der Waals surface area contributed by atoms with Gasteiger partial charge >= 0.3 is 0 Å². The first-order valence-electron chi connectivity index (χ1n) is 6.78. The van der Waals surface area contributed by atoms with Crippen molar-refractivity contribution in [1.82, 2.24) is 5.32 Å². The van der Waals surface area contributed by atoms with Gasteiger partial charge in [0, 0.05) is 18.2 Å². The van der Waals surface area contributed by atoms with Gasteiger partial charge in [-0.05, 0) is 24.6 Å². The fraction of sp³-hybridized carbons (Fsp3) is 0.375. The molecule has 1 rings (SSSR count). The third-order valence-corrected chi connectivity index (χ3v) is 2.92. The van der Waals surface area contributed by atoms with Crippen LogP contribution in [0.25, 0.3) is 6.08 Å². The molecular formula is C16H20N2O3.